The summed E-state index contributed by atoms with van der Waals surface area (Å²) < 4.78 is 0. The zero-order chi connectivity index (χ0) is 11.5. The van der Waals surface area contributed by atoms with E-state index in [4.69, 9.17) is 11.5 Å². The van der Waals surface area contributed by atoms with Crippen LogP contribution in [0.2, 0.25) is 0 Å². The average Bonchev–Trinajstić information content (AvgIpc) is 2.74. The van der Waals surface area contributed by atoms with Gasteiger partial charge in [0, 0.05) is 29.4 Å². The fraction of sp³-hybridized carbons (Fsp3) is 0.750. The van der Waals surface area contributed by atoms with Gasteiger partial charge >= 0.3 is 0 Å². The molecule has 5 nitrogen and oxygen atoms in total. The van der Waals surface area contributed by atoms with Gasteiger partial charge in [0.25, 0.3) is 0 Å². The Kier molecular flexibility index (Phi) is 1.15. The molecule has 0 radical (unpaired) electrons. The van der Waals surface area contributed by atoms with Crippen LogP contribution in [0, 0.1) is 47.3 Å². The minimum Gasteiger partial charge on any atom is -0.369 e. The summed E-state index contributed by atoms with van der Waals surface area (Å²) in [6, 6.07) is 0. The lowest BCUT2D eigenvalue weighted by atomic mass is 9.59. The summed E-state index contributed by atoms with van der Waals surface area (Å²) in [5.74, 6) is 4.74. The maximum atomic E-state index is 12.2. The molecule has 5 heteroatoms. The molecule has 5 aliphatic rings. The highest BCUT2D eigenvalue weighted by atomic mass is 16.1. The van der Waals surface area contributed by atoms with Gasteiger partial charge in [0.15, 0.2) is 0 Å². The third-order valence-electron chi connectivity index (χ3n) is 6.12. The first-order valence-corrected chi connectivity index (χ1v) is 6.40. The number of nitrogens with zero attached hydrogens (tertiary/aromatic N) is 2. The van der Waals surface area contributed by atoms with Crippen LogP contribution in [0.1, 0.15) is 6.42 Å². The second kappa shape index (κ2) is 2.26. The Morgan fingerprint density at radius 3 is 2.53 bits per heavy atom. The smallest absolute Gasteiger partial charge is 0.211 e. The minimum atomic E-state index is 0.0159. The Labute approximate surface area is 98.3 Å². The first-order valence-electron chi connectivity index (χ1n) is 6.40. The minimum absolute atomic E-state index is 0.0159. The van der Waals surface area contributed by atoms with E-state index in [0.717, 1.165) is 17.5 Å². The molecular formula is C12H14N4O. The highest BCUT2D eigenvalue weighted by Gasteiger charge is 2.83. The third kappa shape index (κ3) is 0.654. The predicted molar refractivity (Wildman–Crippen MR) is 60.8 cm³/mol. The molecule has 5 aliphatic carbocycles. The summed E-state index contributed by atoms with van der Waals surface area (Å²) in [5.41, 5.74) is 11.8. The first-order chi connectivity index (χ1) is 8.20. The lowest BCUT2D eigenvalue weighted by molar-refractivity contribution is -0.129. The van der Waals surface area contributed by atoms with Crippen molar-refractivity contribution in [1.29, 1.82) is 0 Å². The quantitative estimate of drug-likeness (QED) is 0.363. The molecule has 4 N–H and O–H groups in total. The van der Waals surface area contributed by atoms with Crippen molar-refractivity contribution >= 4 is 17.5 Å². The first kappa shape index (κ1) is 8.66. The van der Waals surface area contributed by atoms with E-state index < -0.39 is 0 Å². The summed E-state index contributed by atoms with van der Waals surface area (Å²) in [6.07, 6.45) is 1.25. The van der Waals surface area contributed by atoms with Gasteiger partial charge in [-0.25, -0.2) is 0 Å². The van der Waals surface area contributed by atoms with Crippen molar-refractivity contribution in [3.05, 3.63) is 0 Å². The maximum absolute atomic E-state index is 12.2. The van der Waals surface area contributed by atoms with E-state index in [1.54, 1.807) is 0 Å². The third-order valence-corrected chi connectivity index (χ3v) is 6.12. The Hall–Kier alpha value is -1.39. The number of rotatable bonds is 1. The van der Waals surface area contributed by atoms with Gasteiger partial charge in [-0.05, 0) is 30.1 Å². The fourth-order valence-electron chi connectivity index (χ4n) is 6.08. The number of carbonyl (C=O) groups excluding carboxylic acids is 1. The molecule has 5 saturated carbocycles. The van der Waals surface area contributed by atoms with Gasteiger partial charge in [0.2, 0.25) is 5.96 Å². The van der Waals surface area contributed by atoms with Crippen molar-refractivity contribution in [3.8, 4) is 0 Å². The Morgan fingerprint density at radius 2 is 1.76 bits per heavy atom. The highest BCUT2D eigenvalue weighted by molar-refractivity contribution is 6.08. The number of hydrogen-bond donors (Lipinski definition) is 2. The second-order valence-electron chi connectivity index (χ2n) is 6.27. The largest absolute Gasteiger partial charge is 0.369 e. The highest BCUT2D eigenvalue weighted by Crippen LogP contribution is 2.80. The predicted octanol–water partition coefficient (Wildman–Crippen LogP) is -0.427. The SMILES string of the molecule is NC(N)=N/N=C1\[C@@H]2[C@@H]3C[C@@H]4[C@H]2C(=O)[C@H]2[C@H]1[C@H]3[C@H]42. The summed E-state index contributed by atoms with van der Waals surface area (Å²) in [7, 11) is 0. The van der Waals surface area contributed by atoms with Gasteiger partial charge in [-0.3, -0.25) is 4.79 Å². The molecule has 5 fully saturated rings. The number of ketones is 1. The number of hydrogen-bond acceptors (Lipinski definition) is 3. The van der Waals surface area contributed by atoms with Gasteiger partial charge in [-0.2, -0.15) is 5.10 Å². The molecule has 0 saturated heterocycles. The second-order valence-corrected chi connectivity index (χ2v) is 6.27. The summed E-state index contributed by atoms with van der Waals surface area (Å²) >= 11 is 0. The van der Waals surface area contributed by atoms with Crippen molar-refractivity contribution in [3.63, 3.8) is 0 Å². The van der Waals surface area contributed by atoms with E-state index in [0.29, 0.717) is 29.5 Å². The van der Waals surface area contributed by atoms with Gasteiger partial charge in [-0.1, -0.05) is 0 Å². The van der Waals surface area contributed by atoms with E-state index in [9.17, 15) is 4.79 Å². The zero-order valence-corrected chi connectivity index (χ0v) is 9.28. The van der Waals surface area contributed by atoms with Crippen molar-refractivity contribution < 1.29 is 4.79 Å². The Balaban J connectivity index is 1.68. The van der Waals surface area contributed by atoms with E-state index in [1.807, 2.05) is 0 Å². The van der Waals surface area contributed by atoms with Crippen molar-refractivity contribution in [2.24, 2.45) is 69.0 Å². The molecule has 0 aliphatic heterocycles. The van der Waals surface area contributed by atoms with E-state index >= 15 is 0 Å². The molecule has 0 amide bonds. The van der Waals surface area contributed by atoms with Crippen LogP contribution in [0.5, 0.6) is 0 Å². The van der Waals surface area contributed by atoms with Crippen LogP contribution in [-0.4, -0.2) is 17.5 Å². The van der Waals surface area contributed by atoms with Crippen molar-refractivity contribution in [2.45, 2.75) is 6.42 Å². The van der Waals surface area contributed by atoms with Crippen LogP contribution in [0.25, 0.3) is 0 Å². The van der Waals surface area contributed by atoms with Crippen molar-refractivity contribution in [1.82, 2.24) is 0 Å². The van der Waals surface area contributed by atoms with Gasteiger partial charge in [-0.15, -0.1) is 5.10 Å². The Morgan fingerprint density at radius 1 is 1.06 bits per heavy atom. The maximum Gasteiger partial charge on any atom is 0.211 e. The molecule has 8 atom stereocenters. The topological polar surface area (TPSA) is 93.8 Å². The molecule has 0 unspecified atom stereocenters. The number of Topliss-reactive ketones (excluding diaryl/α,β-unsaturated/α-hetero) is 1. The van der Waals surface area contributed by atoms with Gasteiger partial charge in [0.05, 0.1) is 0 Å². The van der Waals surface area contributed by atoms with Crippen LogP contribution < -0.4 is 11.5 Å². The molecular weight excluding hydrogens is 216 g/mol. The van der Waals surface area contributed by atoms with E-state index in [-0.39, 0.29) is 17.8 Å². The van der Waals surface area contributed by atoms with Crippen LogP contribution >= 0.6 is 0 Å². The fourth-order valence-corrected chi connectivity index (χ4v) is 6.08. The van der Waals surface area contributed by atoms with Crippen LogP contribution in [0.4, 0.5) is 0 Å². The van der Waals surface area contributed by atoms with E-state index in [2.05, 4.69) is 10.2 Å². The number of guanidine groups is 1. The number of nitrogens with two attached hydrogens (primary N) is 2. The molecule has 0 heterocycles. The van der Waals surface area contributed by atoms with E-state index in [1.165, 1.54) is 6.42 Å². The van der Waals surface area contributed by atoms with Gasteiger partial charge in [0.1, 0.15) is 5.78 Å². The summed E-state index contributed by atoms with van der Waals surface area (Å²) in [5, 5.41) is 8.10. The molecule has 5 rings (SSSR count). The lowest BCUT2D eigenvalue weighted by Gasteiger charge is -2.43. The average molecular weight is 230 g/mol. The molecule has 0 aromatic heterocycles. The van der Waals surface area contributed by atoms with Crippen LogP contribution in [0.15, 0.2) is 10.2 Å². The molecule has 0 spiro atoms. The number of carbonyl (C=O) groups is 1. The number of fused-ring (bicyclic) bond motifs is 2. The summed E-state index contributed by atoms with van der Waals surface area (Å²) in [6.45, 7) is 0. The molecule has 88 valence electrons. The monoisotopic (exact) mass is 230 g/mol. The Bertz CT molecular complexity index is 521. The van der Waals surface area contributed by atoms with Crippen LogP contribution in [0.3, 0.4) is 0 Å². The zero-order valence-electron chi connectivity index (χ0n) is 9.28. The lowest BCUT2D eigenvalue weighted by Crippen LogP contribution is -2.48. The van der Waals surface area contributed by atoms with Gasteiger partial charge < -0.3 is 11.5 Å². The molecule has 0 aromatic carbocycles. The standard InChI is InChI=1S/C12H14N4O/c13-12(14)16-15-10-6-2-1-3-5-4(2)8(10)9(5)11(17)7(3)6/h2-9H,1H2,(H4,13,14,16)/b15-10+/t2-,3+,4-,5+,6-,7-,8-,9-/m1/s1. The molecule has 0 aromatic rings. The molecule has 17 heavy (non-hydrogen) atoms. The van der Waals surface area contributed by atoms with Crippen molar-refractivity contribution in [2.75, 3.05) is 0 Å². The van der Waals surface area contributed by atoms with Crippen LogP contribution in [-0.2, 0) is 4.79 Å². The normalized spacial score (nSPS) is 61.4. The molecule has 2 bridgehead atoms. The summed E-state index contributed by atoms with van der Waals surface area (Å²) in [4.78, 5) is 12.2.